The van der Waals surface area contributed by atoms with Crippen molar-refractivity contribution in [3.05, 3.63) is 84.3 Å². The van der Waals surface area contributed by atoms with Gasteiger partial charge in [0.2, 0.25) is 0 Å². The summed E-state index contributed by atoms with van der Waals surface area (Å²) >= 11 is 0. The zero-order valence-corrected chi connectivity index (χ0v) is 17.7. The van der Waals surface area contributed by atoms with Gasteiger partial charge < -0.3 is 10.1 Å². The largest absolute Gasteiger partial charge is 0.497 e. The molecule has 0 fully saturated rings. The topological polar surface area (TPSA) is 74.0 Å². The molecule has 7 nitrogen and oxygen atoms in total. The van der Waals surface area contributed by atoms with Crippen LogP contribution in [0.5, 0.6) is 5.75 Å². The average molecular weight is 415 g/mol. The minimum absolute atomic E-state index is 0.193. The van der Waals surface area contributed by atoms with Crippen molar-refractivity contribution in [2.75, 3.05) is 13.7 Å². The smallest absolute Gasteiger partial charge is 0.271 e. The van der Waals surface area contributed by atoms with Crippen molar-refractivity contribution in [1.29, 1.82) is 0 Å². The van der Waals surface area contributed by atoms with Gasteiger partial charge in [-0.15, -0.1) is 0 Å². The summed E-state index contributed by atoms with van der Waals surface area (Å²) in [7, 11) is 1.64. The lowest BCUT2D eigenvalue weighted by Gasteiger charge is -2.08. The molecule has 158 valence electrons. The number of carbonyl (C=O) groups excluding carboxylic acids is 1. The molecule has 1 amide bonds. The van der Waals surface area contributed by atoms with E-state index in [1.807, 2.05) is 84.7 Å². The van der Waals surface area contributed by atoms with Crippen LogP contribution in [0.25, 0.3) is 16.9 Å². The number of nitrogens with zero attached hydrogens (tertiary/aromatic N) is 4. The molecule has 4 rings (SSSR count). The van der Waals surface area contributed by atoms with Crippen LogP contribution in [0.4, 0.5) is 0 Å². The Morgan fingerprint density at radius 2 is 1.87 bits per heavy atom. The molecule has 0 spiro atoms. The Bertz CT molecular complexity index is 1150. The van der Waals surface area contributed by atoms with E-state index < -0.39 is 0 Å². The fourth-order valence-electron chi connectivity index (χ4n) is 3.35. The molecule has 31 heavy (non-hydrogen) atoms. The highest BCUT2D eigenvalue weighted by atomic mass is 16.5. The van der Waals surface area contributed by atoms with Gasteiger partial charge >= 0.3 is 0 Å². The Kier molecular flexibility index (Phi) is 6.12. The highest BCUT2D eigenvalue weighted by molar-refractivity contribution is 5.93. The molecule has 2 aromatic carbocycles. The molecule has 1 N–H and O–H groups in total. The number of aryl methyl sites for hydroxylation is 2. The third-order valence-electron chi connectivity index (χ3n) is 4.94. The predicted molar refractivity (Wildman–Crippen MR) is 119 cm³/mol. The van der Waals surface area contributed by atoms with Gasteiger partial charge in [0.1, 0.15) is 5.75 Å². The molecule has 0 bridgehead atoms. The second-order valence-electron chi connectivity index (χ2n) is 7.28. The molecule has 2 heterocycles. The highest BCUT2D eigenvalue weighted by Gasteiger charge is 2.16. The van der Waals surface area contributed by atoms with E-state index in [0.29, 0.717) is 12.2 Å². The van der Waals surface area contributed by atoms with E-state index in [9.17, 15) is 4.79 Å². The summed E-state index contributed by atoms with van der Waals surface area (Å²) in [6.07, 6.45) is 4.61. The first-order valence-electron chi connectivity index (χ1n) is 10.2. The summed E-state index contributed by atoms with van der Waals surface area (Å²) in [4.78, 5) is 12.8. The first-order chi connectivity index (χ1) is 15.1. The van der Waals surface area contributed by atoms with Crippen LogP contribution in [0.3, 0.4) is 0 Å². The van der Waals surface area contributed by atoms with Gasteiger partial charge in [0.15, 0.2) is 5.69 Å². The molecule has 0 aliphatic carbocycles. The number of aromatic nitrogens is 4. The number of rotatable bonds is 8. The molecule has 0 unspecified atom stereocenters. The van der Waals surface area contributed by atoms with Gasteiger partial charge in [-0.05, 0) is 61.4 Å². The molecular formula is C24H25N5O2. The molecule has 7 heteroatoms. The van der Waals surface area contributed by atoms with Crippen LogP contribution in [-0.2, 0) is 6.54 Å². The van der Waals surface area contributed by atoms with E-state index in [0.717, 1.165) is 41.2 Å². The van der Waals surface area contributed by atoms with Crippen molar-refractivity contribution in [1.82, 2.24) is 24.9 Å². The van der Waals surface area contributed by atoms with Gasteiger partial charge in [-0.1, -0.05) is 18.2 Å². The van der Waals surface area contributed by atoms with Crippen molar-refractivity contribution in [2.45, 2.75) is 19.9 Å². The fraction of sp³-hybridized carbons (Fsp3) is 0.208. The molecule has 0 saturated carbocycles. The van der Waals surface area contributed by atoms with E-state index >= 15 is 0 Å². The van der Waals surface area contributed by atoms with E-state index in [1.165, 1.54) is 0 Å². The van der Waals surface area contributed by atoms with Crippen molar-refractivity contribution < 1.29 is 9.53 Å². The standard InChI is InChI=1S/C24H25N5O2/c1-18-16-26-28(17-18)14-6-13-25-24(30)22-15-23(19-9-11-21(31-2)12-10-19)29(27-22)20-7-4-3-5-8-20/h3-5,7-12,15-17H,6,13-14H2,1-2H3,(H,25,30). The lowest BCUT2D eigenvalue weighted by Crippen LogP contribution is -2.25. The van der Waals surface area contributed by atoms with E-state index in [2.05, 4.69) is 15.5 Å². The lowest BCUT2D eigenvalue weighted by atomic mass is 10.1. The summed E-state index contributed by atoms with van der Waals surface area (Å²) in [5.74, 6) is 0.584. The van der Waals surface area contributed by atoms with Crippen LogP contribution in [0.15, 0.2) is 73.1 Å². The predicted octanol–water partition coefficient (Wildman–Crippen LogP) is 3.87. The van der Waals surface area contributed by atoms with Gasteiger partial charge in [0.25, 0.3) is 5.91 Å². The Balaban J connectivity index is 1.52. The zero-order chi connectivity index (χ0) is 21.6. The fourth-order valence-corrected chi connectivity index (χ4v) is 3.35. The Labute approximate surface area is 181 Å². The highest BCUT2D eigenvalue weighted by Crippen LogP contribution is 2.26. The third-order valence-corrected chi connectivity index (χ3v) is 4.94. The number of carbonyl (C=O) groups is 1. The van der Waals surface area contributed by atoms with Crippen LogP contribution in [-0.4, -0.2) is 39.1 Å². The van der Waals surface area contributed by atoms with Crippen LogP contribution in [0, 0.1) is 6.92 Å². The summed E-state index contributed by atoms with van der Waals surface area (Å²) in [6, 6.07) is 19.3. The normalized spacial score (nSPS) is 10.8. The van der Waals surface area contributed by atoms with E-state index in [-0.39, 0.29) is 5.91 Å². The number of para-hydroxylation sites is 1. The number of benzene rings is 2. The quantitative estimate of drug-likeness (QED) is 0.443. The van der Waals surface area contributed by atoms with Crippen molar-refractivity contribution >= 4 is 5.91 Å². The first-order valence-corrected chi connectivity index (χ1v) is 10.2. The second kappa shape index (κ2) is 9.30. The van der Waals surface area contributed by atoms with Crippen molar-refractivity contribution in [3.63, 3.8) is 0 Å². The van der Waals surface area contributed by atoms with E-state index in [4.69, 9.17) is 4.74 Å². The third kappa shape index (κ3) is 4.83. The van der Waals surface area contributed by atoms with Gasteiger partial charge in [-0.2, -0.15) is 10.2 Å². The molecule has 2 aromatic heterocycles. The zero-order valence-electron chi connectivity index (χ0n) is 17.7. The molecule has 0 radical (unpaired) electrons. The average Bonchev–Trinajstić information content (AvgIpc) is 3.44. The van der Waals surface area contributed by atoms with Crippen molar-refractivity contribution in [3.8, 4) is 22.7 Å². The minimum Gasteiger partial charge on any atom is -0.497 e. The van der Waals surface area contributed by atoms with Crippen molar-refractivity contribution in [2.24, 2.45) is 0 Å². The number of hydrogen-bond acceptors (Lipinski definition) is 4. The number of amides is 1. The Hall–Kier alpha value is -3.87. The Morgan fingerprint density at radius 3 is 2.55 bits per heavy atom. The maximum absolute atomic E-state index is 12.8. The summed E-state index contributed by atoms with van der Waals surface area (Å²) in [5.41, 5.74) is 4.18. The van der Waals surface area contributed by atoms with Gasteiger partial charge in [-0.25, -0.2) is 4.68 Å². The van der Waals surface area contributed by atoms with Gasteiger partial charge in [0, 0.05) is 24.8 Å². The number of ether oxygens (including phenoxy) is 1. The molecule has 0 aliphatic rings. The maximum atomic E-state index is 12.8. The van der Waals surface area contributed by atoms with Crippen LogP contribution >= 0.6 is 0 Å². The summed E-state index contributed by atoms with van der Waals surface area (Å²) in [6.45, 7) is 3.31. The van der Waals surface area contributed by atoms with E-state index in [1.54, 1.807) is 11.8 Å². The molecule has 4 aromatic rings. The summed E-state index contributed by atoms with van der Waals surface area (Å²) in [5, 5.41) is 11.8. The first kappa shape index (κ1) is 20.4. The molecular weight excluding hydrogens is 390 g/mol. The Morgan fingerprint density at radius 1 is 1.10 bits per heavy atom. The molecule has 0 atom stereocenters. The minimum atomic E-state index is -0.193. The van der Waals surface area contributed by atoms with Crippen LogP contribution < -0.4 is 10.1 Å². The van der Waals surface area contributed by atoms with Crippen LogP contribution in [0.2, 0.25) is 0 Å². The second-order valence-corrected chi connectivity index (χ2v) is 7.28. The number of nitrogens with one attached hydrogen (secondary N) is 1. The molecule has 0 saturated heterocycles. The summed E-state index contributed by atoms with van der Waals surface area (Å²) < 4.78 is 8.94. The van der Waals surface area contributed by atoms with Crippen LogP contribution in [0.1, 0.15) is 22.5 Å². The number of methoxy groups -OCH3 is 1. The maximum Gasteiger partial charge on any atom is 0.271 e. The van der Waals surface area contributed by atoms with Gasteiger partial charge in [-0.3, -0.25) is 9.48 Å². The molecule has 0 aliphatic heterocycles. The monoisotopic (exact) mass is 415 g/mol. The number of hydrogen-bond donors (Lipinski definition) is 1. The lowest BCUT2D eigenvalue weighted by molar-refractivity contribution is 0.0947. The SMILES string of the molecule is COc1ccc(-c2cc(C(=O)NCCCn3cc(C)cn3)nn2-c2ccccc2)cc1. The van der Waals surface area contributed by atoms with Gasteiger partial charge in [0.05, 0.1) is 24.7 Å².